The van der Waals surface area contributed by atoms with Crippen molar-refractivity contribution in [3.8, 4) is 33.4 Å². The van der Waals surface area contributed by atoms with Gasteiger partial charge in [0.15, 0.2) is 0 Å². The number of H-pyrrole nitrogens is 2. The normalized spacial score (nSPS) is 12.0. The summed E-state index contributed by atoms with van der Waals surface area (Å²) in [5.74, 6) is 0. The number of hydrogen-bond acceptors (Lipinski definition) is 4. The minimum Gasteiger partial charge on any atom is -0.354 e. The van der Waals surface area contributed by atoms with Gasteiger partial charge in [-0.15, -0.1) is 0 Å². The second-order valence-electron chi connectivity index (χ2n) is 10.8. The van der Waals surface area contributed by atoms with E-state index in [1.54, 1.807) is 12.1 Å². The average molecular weight is 584 g/mol. The molecule has 0 atom stereocenters. The first-order valence-corrected chi connectivity index (χ1v) is 14.6. The van der Waals surface area contributed by atoms with Crippen LogP contribution in [-0.2, 0) is 0 Å². The summed E-state index contributed by atoms with van der Waals surface area (Å²) < 4.78 is 0. The summed E-state index contributed by atoms with van der Waals surface area (Å²) in [6, 6.07) is 37.8. The second kappa shape index (κ2) is 10.7. The molecule has 7 heteroatoms. The number of nitrogens with one attached hydrogen (secondary N) is 2. The molecule has 7 nitrogen and oxygen atoms in total. The number of nitrogens with zero attached hydrogens (tertiary/aromatic N) is 3. The van der Waals surface area contributed by atoms with Gasteiger partial charge >= 0.3 is 5.69 Å². The molecular formula is C38H25N5O2. The van der Waals surface area contributed by atoms with Crippen molar-refractivity contribution in [1.29, 1.82) is 0 Å². The van der Waals surface area contributed by atoms with Crippen LogP contribution in [0.25, 0.3) is 79.8 Å². The molecule has 0 amide bonds. The third-order valence-corrected chi connectivity index (χ3v) is 8.10. The van der Waals surface area contributed by atoms with Crippen LogP contribution < -0.4 is 0 Å². The number of aromatic nitrogens is 4. The summed E-state index contributed by atoms with van der Waals surface area (Å²) in [6.07, 6.45) is 7.60. The Labute approximate surface area is 258 Å². The van der Waals surface area contributed by atoms with Crippen LogP contribution in [0.5, 0.6) is 0 Å². The lowest BCUT2D eigenvalue weighted by atomic mass is 10.0. The van der Waals surface area contributed by atoms with E-state index in [1.807, 2.05) is 109 Å². The van der Waals surface area contributed by atoms with Crippen LogP contribution in [-0.4, -0.2) is 24.9 Å². The molecule has 0 saturated carbocycles. The lowest BCUT2D eigenvalue weighted by Crippen LogP contribution is -1.93. The monoisotopic (exact) mass is 583 g/mol. The Morgan fingerprint density at radius 1 is 0.444 bits per heavy atom. The summed E-state index contributed by atoms with van der Waals surface area (Å²) in [5, 5.41) is 12.6. The Bertz CT molecular complexity index is 2300. The zero-order valence-electron chi connectivity index (χ0n) is 23.9. The van der Waals surface area contributed by atoms with Gasteiger partial charge in [0.05, 0.1) is 22.0 Å². The number of rotatable bonds is 4. The lowest BCUT2D eigenvalue weighted by molar-refractivity contribution is -0.383. The fourth-order valence-electron chi connectivity index (χ4n) is 6.11. The number of hydrogen-bond donors (Lipinski definition) is 2. The van der Waals surface area contributed by atoms with E-state index in [0.717, 1.165) is 61.3 Å². The fraction of sp³-hybridized carbons (Fsp3) is 0. The second-order valence-corrected chi connectivity index (χ2v) is 10.8. The van der Waals surface area contributed by atoms with Crippen LogP contribution in [0, 0.1) is 10.1 Å². The highest BCUT2D eigenvalue weighted by Gasteiger charge is 2.22. The zero-order valence-corrected chi connectivity index (χ0v) is 23.9. The Balaban J connectivity index is 1.58. The third-order valence-electron chi connectivity index (χ3n) is 8.10. The summed E-state index contributed by atoms with van der Waals surface area (Å²) in [5.41, 5.74) is 10.8. The lowest BCUT2D eigenvalue weighted by Gasteiger charge is -2.06. The fourth-order valence-corrected chi connectivity index (χ4v) is 6.11. The number of benzene rings is 3. The molecule has 0 aliphatic carbocycles. The van der Waals surface area contributed by atoms with Crippen molar-refractivity contribution in [3.05, 3.63) is 148 Å². The molecule has 0 saturated heterocycles. The summed E-state index contributed by atoms with van der Waals surface area (Å²) in [6.45, 7) is 0. The molecule has 3 aromatic carbocycles. The molecule has 2 aliphatic rings. The molecule has 45 heavy (non-hydrogen) atoms. The smallest absolute Gasteiger partial charge is 0.318 e. The molecule has 6 aromatic rings. The minimum atomic E-state index is -0.373. The quantitative estimate of drug-likeness (QED) is 0.159. The molecule has 0 unspecified atom stereocenters. The van der Waals surface area contributed by atoms with Crippen molar-refractivity contribution in [1.82, 2.24) is 19.9 Å². The van der Waals surface area contributed by atoms with E-state index in [0.29, 0.717) is 11.2 Å². The van der Waals surface area contributed by atoms with E-state index in [-0.39, 0.29) is 16.3 Å². The highest BCUT2D eigenvalue weighted by atomic mass is 16.6. The van der Waals surface area contributed by atoms with Gasteiger partial charge in [-0.2, -0.15) is 0 Å². The Morgan fingerprint density at radius 3 is 1.18 bits per heavy atom. The average Bonchev–Trinajstić information content (AvgIpc) is 3.90. The maximum Gasteiger partial charge on any atom is 0.318 e. The largest absolute Gasteiger partial charge is 0.354 e. The maximum atomic E-state index is 12.6. The number of aromatic amines is 2. The SMILES string of the molecule is O=[N+]([O-])c1c2nc(c(-c3ccccc3)c3ccc([nH]3)c(-c3ccccc3)c3nc(c(-c4ccccc4)c4ccc1[nH]4)C=C3)C=C2. The molecule has 5 heterocycles. The predicted octanol–water partition coefficient (Wildman–Crippen LogP) is 9.56. The van der Waals surface area contributed by atoms with Crippen LogP contribution in [0.15, 0.2) is 115 Å². The highest BCUT2D eigenvalue weighted by Crippen LogP contribution is 2.37. The van der Waals surface area contributed by atoms with E-state index in [2.05, 4.69) is 28.2 Å². The van der Waals surface area contributed by atoms with Gasteiger partial charge in [-0.1, -0.05) is 91.0 Å². The van der Waals surface area contributed by atoms with Crippen molar-refractivity contribution in [3.63, 3.8) is 0 Å². The molecular weight excluding hydrogens is 558 g/mol. The van der Waals surface area contributed by atoms with Gasteiger partial charge in [0.1, 0.15) is 11.2 Å². The minimum absolute atomic E-state index is 0.0950. The molecule has 8 bridgehead atoms. The first kappa shape index (κ1) is 26.3. The predicted molar refractivity (Wildman–Crippen MR) is 182 cm³/mol. The number of nitro groups is 1. The van der Waals surface area contributed by atoms with Gasteiger partial charge in [0.2, 0.25) is 0 Å². The van der Waals surface area contributed by atoms with Crippen LogP contribution in [0.2, 0.25) is 0 Å². The van der Waals surface area contributed by atoms with Crippen LogP contribution in [0.3, 0.4) is 0 Å². The van der Waals surface area contributed by atoms with Crippen molar-refractivity contribution in [2.24, 2.45) is 0 Å². The molecule has 3 aromatic heterocycles. The molecule has 0 spiro atoms. The summed E-state index contributed by atoms with van der Waals surface area (Å²) in [4.78, 5) is 29.2. The third kappa shape index (κ3) is 4.63. The van der Waals surface area contributed by atoms with Crippen molar-refractivity contribution in [2.45, 2.75) is 0 Å². The molecule has 2 N–H and O–H groups in total. The standard InChI is InChI=1S/C38H25N5O2/c44-43(45)38-33-22-20-31(41-33)36(25-12-6-2-7-13-25)29-18-16-27(39-29)35(24-10-4-1-5-11-24)28-17-19-30(40-28)37(26-14-8-3-9-15-26)32-21-23-34(38)42-32/h1-23,39,42H. The first-order valence-electron chi connectivity index (χ1n) is 14.6. The van der Waals surface area contributed by atoms with Crippen molar-refractivity contribution >= 4 is 52.1 Å². The maximum absolute atomic E-state index is 12.6. The molecule has 8 rings (SSSR count). The van der Waals surface area contributed by atoms with Gasteiger partial charge in [-0.25, -0.2) is 9.97 Å². The van der Waals surface area contributed by atoms with Crippen LogP contribution in [0.1, 0.15) is 22.8 Å². The van der Waals surface area contributed by atoms with E-state index >= 15 is 0 Å². The topological polar surface area (TPSA) is 100 Å². The van der Waals surface area contributed by atoms with Crippen LogP contribution in [0.4, 0.5) is 5.69 Å². The Kier molecular flexibility index (Phi) is 6.27. The number of fused-ring (bicyclic) bond motifs is 8. The molecule has 214 valence electrons. The highest BCUT2D eigenvalue weighted by molar-refractivity contribution is 5.98. The van der Waals surface area contributed by atoms with E-state index < -0.39 is 0 Å². The van der Waals surface area contributed by atoms with E-state index in [9.17, 15) is 10.1 Å². The van der Waals surface area contributed by atoms with Gasteiger partial charge < -0.3 is 9.97 Å². The Morgan fingerprint density at radius 2 is 0.778 bits per heavy atom. The van der Waals surface area contributed by atoms with Crippen LogP contribution >= 0.6 is 0 Å². The molecule has 2 aliphatic heterocycles. The summed E-state index contributed by atoms with van der Waals surface area (Å²) in [7, 11) is 0. The van der Waals surface area contributed by atoms with Gasteiger partial charge in [-0.3, -0.25) is 10.1 Å². The van der Waals surface area contributed by atoms with Gasteiger partial charge in [0, 0.05) is 33.2 Å². The van der Waals surface area contributed by atoms with E-state index in [4.69, 9.17) is 9.97 Å². The van der Waals surface area contributed by atoms with Crippen molar-refractivity contribution in [2.75, 3.05) is 0 Å². The van der Waals surface area contributed by atoms with Gasteiger partial charge in [0.25, 0.3) is 0 Å². The first-order chi connectivity index (χ1) is 22.1. The Hall–Kier alpha value is -6.34. The van der Waals surface area contributed by atoms with Gasteiger partial charge in [-0.05, 0) is 65.3 Å². The summed E-state index contributed by atoms with van der Waals surface area (Å²) >= 11 is 0. The molecule has 0 radical (unpaired) electrons. The molecule has 0 fully saturated rings. The van der Waals surface area contributed by atoms with Crippen molar-refractivity contribution < 1.29 is 4.92 Å². The van der Waals surface area contributed by atoms with E-state index in [1.165, 1.54) is 0 Å². The zero-order chi connectivity index (χ0) is 30.3.